The predicted molar refractivity (Wildman–Crippen MR) is 110 cm³/mol. The predicted octanol–water partition coefficient (Wildman–Crippen LogP) is 4.91. The highest BCUT2D eigenvalue weighted by Crippen LogP contribution is 2.29. The van der Waals surface area contributed by atoms with E-state index in [9.17, 15) is 0 Å². The van der Waals surface area contributed by atoms with Crippen LogP contribution in [0.25, 0.3) is 0 Å². The van der Waals surface area contributed by atoms with Crippen molar-refractivity contribution in [3.63, 3.8) is 0 Å². The standard InChI is InChI=1S/C20H19Cl2N5/c1-13(14-2-4-15(21)5-3-14)26-20-17-11-27(9-8-18(17)24-12-25-20)19-7-6-16(22)10-23-19/h2-7,10,12-13H,8-9,11H2,1H3,(H,24,25,26)/t13-/m1/s1. The molecule has 2 aromatic heterocycles. The second kappa shape index (κ2) is 7.71. The van der Waals surface area contributed by atoms with E-state index in [1.807, 2.05) is 36.4 Å². The Morgan fingerprint density at radius 3 is 2.52 bits per heavy atom. The second-order valence-corrected chi connectivity index (χ2v) is 7.44. The highest BCUT2D eigenvalue weighted by Gasteiger charge is 2.23. The fourth-order valence-electron chi connectivity index (χ4n) is 3.26. The number of pyridine rings is 1. The summed E-state index contributed by atoms with van der Waals surface area (Å²) in [7, 11) is 0. The molecule has 0 aliphatic carbocycles. The Bertz CT molecular complexity index is 928. The van der Waals surface area contributed by atoms with Crippen molar-refractivity contribution in [1.29, 1.82) is 0 Å². The topological polar surface area (TPSA) is 53.9 Å². The molecule has 0 radical (unpaired) electrons. The summed E-state index contributed by atoms with van der Waals surface area (Å²) < 4.78 is 0. The zero-order valence-corrected chi connectivity index (χ0v) is 16.4. The number of aromatic nitrogens is 3. The Kier molecular flexibility index (Phi) is 5.14. The van der Waals surface area contributed by atoms with Crippen LogP contribution in [-0.2, 0) is 13.0 Å². The molecule has 138 valence electrons. The number of nitrogens with one attached hydrogen (secondary N) is 1. The molecule has 3 heterocycles. The van der Waals surface area contributed by atoms with Gasteiger partial charge in [0.05, 0.1) is 10.7 Å². The lowest BCUT2D eigenvalue weighted by molar-refractivity contribution is 0.694. The lowest BCUT2D eigenvalue weighted by Crippen LogP contribution is -2.32. The van der Waals surface area contributed by atoms with Gasteiger partial charge in [-0.15, -0.1) is 0 Å². The molecule has 0 unspecified atom stereocenters. The monoisotopic (exact) mass is 399 g/mol. The van der Waals surface area contributed by atoms with Crippen LogP contribution in [0.5, 0.6) is 0 Å². The minimum atomic E-state index is 0.102. The van der Waals surface area contributed by atoms with Gasteiger partial charge < -0.3 is 10.2 Å². The molecule has 0 fully saturated rings. The van der Waals surface area contributed by atoms with Crippen LogP contribution in [0.2, 0.25) is 10.0 Å². The third kappa shape index (κ3) is 3.99. The van der Waals surface area contributed by atoms with Crippen molar-refractivity contribution >= 4 is 34.8 Å². The van der Waals surface area contributed by atoms with E-state index in [4.69, 9.17) is 23.2 Å². The Hall–Kier alpha value is -2.37. The van der Waals surface area contributed by atoms with Gasteiger partial charge in [-0.3, -0.25) is 0 Å². The number of benzene rings is 1. The molecule has 3 aromatic rings. The SMILES string of the molecule is C[C@@H](Nc1ncnc2c1CN(c1ccc(Cl)cn1)CC2)c1ccc(Cl)cc1. The number of nitrogens with zero attached hydrogens (tertiary/aromatic N) is 4. The molecule has 5 nitrogen and oxygen atoms in total. The second-order valence-electron chi connectivity index (χ2n) is 6.57. The molecule has 0 amide bonds. The van der Waals surface area contributed by atoms with Crippen molar-refractivity contribution in [2.75, 3.05) is 16.8 Å². The van der Waals surface area contributed by atoms with Crippen molar-refractivity contribution < 1.29 is 0 Å². The van der Waals surface area contributed by atoms with Gasteiger partial charge in [0.2, 0.25) is 0 Å². The molecule has 27 heavy (non-hydrogen) atoms. The van der Waals surface area contributed by atoms with Gasteiger partial charge in [-0.25, -0.2) is 15.0 Å². The number of rotatable bonds is 4. The molecule has 0 saturated heterocycles. The number of halogens is 2. The molecular weight excluding hydrogens is 381 g/mol. The average Bonchev–Trinajstić information content (AvgIpc) is 2.69. The highest BCUT2D eigenvalue weighted by molar-refractivity contribution is 6.30. The molecule has 1 aromatic carbocycles. The quantitative estimate of drug-likeness (QED) is 0.674. The van der Waals surface area contributed by atoms with E-state index in [1.54, 1.807) is 12.5 Å². The van der Waals surface area contributed by atoms with Gasteiger partial charge >= 0.3 is 0 Å². The van der Waals surface area contributed by atoms with Crippen molar-refractivity contribution in [1.82, 2.24) is 15.0 Å². The van der Waals surface area contributed by atoms with Crippen LogP contribution in [0.4, 0.5) is 11.6 Å². The number of fused-ring (bicyclic) bond motifs is 1. The van der Waals surface area contributed by atoms with Crippen molar-refractivity contribution in [2.45, 2.75) is 25.9 Å². The van der Waals surface area contributed by atoms with E-state index < -0.39 is 0 Å². The van der Waals surface area contributed by atoms with Gasteiger partial charge in [-0.05, 0) is 36.8 Å². The minimum Gasteiger partial charge on any atom is -0.363 e. The Balaban J connectivity index is 1.57. The van der Waals surface area contributed by atoms with E-state index in [1.165, 1.54) is 0 Å². The van der Waals surface area contributed by atoms with Crippen molar-refractivity contribution in [3.8, 4) is 0 Å². The summed E-state index contributed by atoms with van der Waals surface area (Å²) >= 11 is 12.0. The maximum absolute atomic E-state index is 5.99. The maximum Gasteiger partial charge on any atom is 0.135 e. The molecular formula is C20H19Cl2N5. The first kappa shape index (κ1) is 18.0. The molecule has 1 aliphatic heterocycles. The summed E-state index contributed by atoms with van der Waals surface area (Å²) in [5.41, 5.74) is 3.35. The van der Waals surface area contributed by atoms with Gasteiger partial charge in [0, 0.05) is 42.3 Å². The van der Waals surface area contributed by atoms with Crippen LogP contribution in [0.1, 0.15) is 29.8 Å². The summed E-state index contributed by atoms with van der Waals surface area (Å²) in [5, 5.41) is 4.89. The van der Waals surface area contributed by atoms with E-state index in [0.717, 1.165) is 46.4 Å². The van der Waals surface area contributed by atoms with Crippen LogP contribution in [0.3, 0.4) is 0 Å². The van der Waals surface area contributed by atoms with E-state index in [2.05, 4.69) is 32.1 Å². The first-order chi connectivity index (χ1) is 13.1. The average molecular weight is 400 g/mol. The molecule has 1 atom stereocenters. The first-order valence-corrected chi connectivity index (χ1v) is 9.57. The van der Waals surface area contributed by atoms with E-state index in [0.29, 0.717) is 11.6 Å². The fourth-order valence-corrected chi connectivity index (χ4v) is 3.49. The summed E-state index contributed by atoms with van der Waals surface area (Å²) in [6.45, 7) is 3.68. The lowest BCUT2D eigenvalue weighted by atomic mass is 10.0. The zero-order valence-electron chi connectivity index (χ0n) is 14.9. The molecule has 7 heteroatoms. The van der Waals surface area contributed by atoms with Crippen LogP contribution in [-0.4, -0.2) is 21.5 Å². The van der Waals surface area contributed by atoms with Gasteiger partial charge in [0.1, 0.15) is 18.0 Å². The first-order valence-electron chi connectivity index (χ1n) is 8.81. The van der Waals surface area contributed by atoms with E-state index >= 15 is 0 Å². The summed E-state index contributed by atoms with van der Waals surface area (Å²) in [6, 6.07) is 11.8. The number of anilines is 2. The molecule has 1 N–H and O–H groups in total. The van der Waals surface area contributed by atoms with Crippen LogP contribution >= 0.6 is 23.2 Å². The smallest absolute Gasteiger partial charge is 0.135 e. The fraction of sp³-hybridized carbons (Fsp3) is 0.250. The molecule has 0 bridgehead atoms. The van der Waals surface area contributed by atoms with Crippen LogP contribution in [0, 0.1) is 0 Å². The van der Waals surface area contributed by atoms with Gasteiger partial charge in [-0.1, -0.05) is 35.3 Å². The van der Waals surface area contributed by atoms with Crippen LogP contribution < -0.4 is 10.2 Å². The van der Waals surface area contributed by atoms with Gasteiger partial charge in [0.15, 0.2) is 0 Å². The Morgan fingerprint density at radius 1 is 1.00 bits per heavy atom. The minimum absolute atomic E-state index is 0.102. The summed E-state index contributed by atoms with van der Waals surface area (Å²) in [4.78, 5) is 15.6. The molecule has 0 saturated carbocycles. The third-order valence-electron chi connectivity index (χ3n) is 4.76. The number of hydrogen-bond donors (Lipinski definition) is 1. The van der Waals surface area contributed by atoms with Crippen LogP contribution in [0.15, 0.2) is 48.9 Å². The molecule has 4 rings (SSSR count). The highest BCUT2D eigenvalue weighted by atomic mass is 35.5. The van der Waals surface area contributed by atoms with Gasteiger partial charge in [-0.2, -0.15) is 0 Å². The lowest BCUT2D eigenvalue weighted by Gasteiger charge is -2.30. The van der Waals surface area contributed by atoms with Crippen molar-refractivity contribution in [2.24, 2.45) is 0 Å². The largest absolute Gasteiger partial charge is 0.363 e. The number of hydrogen-bond acceptors (Lipinski definition) is 5. The zero-order chi connectivity index (χ0) is 18.8. The Labute approximate surface area is 168 Å². The third-order valence-corrected chi connectivity index (χ3v) is 5.24. The van der Waals surface area contributed by atoms with Gasteiger partial charge in [0.25, 0.3) is 0 Å². The summed E-state index contributed by atoms with van der Waals surface area (Å²) in [5.74, 6) is 1.77. The summed E-state index contributed by atoms with van der Waals surface area (Å²) in [6.07, 6.45) is 4.16. The maximum atomic E-state index is 5.99. The normalized spacial score (nSPS) is 14.6. The Morgan fingerprint density at radius 2 is 1.78 bits per heavy atom. The molecule has 0 spiro atoms. The van der Waals surface area contributed by atoms with Crippen molar-refractivity contribution in [3.05, 3.63) is 75.8 Å². The molecule has 1 aliphatic rings. The van der Waals surface area contributed by atoms with E-state index in [-0.39, 0.29) is 6.04 Å².